The van der Waals surface area contributed by atoms with E-state index in [1.54, 1.807) is 11.3 Å². The van der Waals surface area contributed by atoms with E-state index < -0.39 is 22.7 Å². The molecule has 0 saturated carbocycles. The fourth-order valence-electron chi connectivity index (χ4n) is 2.42. The number of aromatic nitrogens is 1. The van der Waals surface area contributed by atoms with Crippen LogP contribution in [0.15, 0.2) is 0 Å². The number of hydrogen-bond donors (Lipinski definition) is 1. The number of anilines is 1. The van der Waals surface area contributed by atoms with E-state index in [1.165, 1.54) is 0 Å². The number of nitrogens with zero attached hydrogens (tertiary/aromatic N) is 2. The molecule has 1 aliphatic carbocycles. The van der Waals surface area contributed by atoms with Crippen LogP contribution in [0, 0.1) is 0 Å². The van der Waals surface area contributed by atoms with E-state index in [0.717, 1.165) is 35.2 Å². The van der Waals surface area contributed by atoms with E-state index in [2.05, 4.69) is 9.88 Å². The van der Waals surface area contributed by atoms with Gasteiger partial charge in [-0.1, -0.05) is 0 Å². The van der Waals surface area contributed by atoms with E-state index >= 15 is 0 Å². The summed E-state index contributed by atoms with van der Waals surface area (Å²) < 4.78 is 11.3. The summed E-state index contributed by atoms with van der Waals surface area (Å²) in [6.07, 6.45) is 1.50. The number of thiazole rings is 1. The van der Waals surface area contributed by atoms with Crippen LogP contribution >= 0.6 is 11.3 Å². The molecule has 5 nitrogen and oxygen atoms in total. The van der Waals surface area contributed by atoms with Crippen LogP contribution in [-0.4, -0.2) is 44.9 Å². The lowest BCUT2D eigenvalue weighted by molar-refractivity contribution is -0.138. The van der Waals surface area contributed by atoms with Crippen molar-refractivity contribution in [1.29, 1.82) is 0 Å². The van der Waals surface area contributed by atoms with Crippen molar-refractivity contribution in [3.8, 4) is 0 Å². The van der Waals surface area contributed by atoms with Crippen molar-refractivity contribution in [3.63, 3.8) is 0 Å². The first-order chi connectivity index (χ1) is 8.65. The highest BCUT2D eigenvalue weighted by Crippen LogP contribution is 2.39. The van der Waals surface area contributed by atoms with Gasteiger partial charge in [0.05, 0.1) is 5.69 Å². The van der Waals surface area contributed by atoms with Crippen LogP contribution in [-0.2, 0) is 22.0 Å². The van der Waals surface area contributed by atoms with Gasteiger partial charge >= 0.3 is 5.97 Å². The molecular formula is C11H14N2O3S2. The second kappa shape index (κ2) is 4.62. The van der Waals surface area contributed by atoms with Gasteiger partial charge in [0.1, 0.15) is 5.92 Å². The van der Waals surface area contributed by atoms with Gasteiger partial charge in [0.2, 0.25) is 0 Å². The second-order valence-corrected chi connectivity index (χ2v) is 7.33. The van der Waals surface area contributed by atoms with Crippen LogP contribution in [0.2, 0.25) is 0 Å². The van der Waals surface area contributed by atoms with Gasteiger partial charge in [-0.2, -0.15) is 0 Å². The maximum atomic E-state index is 11.3. The minimum absolute atomic E-state index is 0.427. The van der Waals surface area contributed by atoms with Crippen molar-refractivity contribution in [2.24, 2.45) is 0 Å². The maximum Gasteiger partial charge on any atom is 0.312 e. The first kappa shape index (κ1) is 12.1. The summed E-state index contributed by atoms with van der Waals surface area (Å²) in [7, 11) is -0.694. The highest BCUT2D eigenvalue weighted by atomic mass is 32.2. The predicted molar refractivity (Wildman–Crippen MR) is 70.9 cm³/mol. The average molecular weight is 286 g/mol. The molecule has 3 rings (SSSR count). The summed E-state index contributed by atoms with van der Waals surface area (Å²) in [5.74, 6) is 0.174. The van der Waals surface area contributed by atoms with Crippen molar-refractivity contribution in [1.82, 2.24) is 4.98 Å². The van der Waals surface area contributed by atoms with E-state index in [1.807, 2.05) is 0 Å². The largest absolute Gasteiger partial charge is 0.481 e. The lowest BCUT2D eigenvalue weighted by Crippen LogP contribution is -2.37. The molecule has 2 aliphatic rings. The van der Waals surface area contributed by atoms with Crippen LogP contribution in [0.1, 0.15) is 22.9 Å². The van der Waals surface area contributed by atoms with Crippen LogP contribution in [0.4, 0.5) is 5.13 Å². The zero-order valence-electron chi connectivity index (χ0n) is 9.79. The molecule has 18 heavy (non-hydrogen) atoms. The molecule has 98 valence electrons. The van der Waals surface area contributed by atoms with Crippen molar-refractivity contribution >= 4 is 33.2 Å². The zero-order valence-corrected chi connectivity index (χ0v) is 11.4. The summed E-state index contributed by atoms with van der Waals surface area (Å²) in [5, 5.41) is 10.0. The van der Waals surface area contributed by atoms with Crippen LogP contribution < -0.4 is 4.90 Å². The standard InChI is InChI=1S/C11H14N2O3S2/c14-10(15)7-1-2-8-9(7)12-11(17-8)13-3-5-18(16)6-4-13/h7H,1-6H2,(H,14,15). The third kappa shape index (κ3) is 2.05. The molecule has 1 fully saturated rings. The number of carbonyl (C=O) groups is 1. The van der Waals surface area contributed by atoms with Gasteiger partial charge in [-0.15, -0.1) is 11.3 Å². The quantitative estimate of drug-likeness (QED) is 0.872. The summed E-state index contributed by atoms with van der Waals surface area (Å²) in [6, 6.07) is 0. The second-order valence-electron chi connectivity index (χ2n) is 4.57. The Morgan fingerprint density at radius 2 is 2.17 bits per heavy atom. The van der Waals surface area contributed by atoms with Gasteiger partial charge in [0, 0.05) is 40.3 Å². The van der Waals surface area contributed by atoms with Gasteiger partial charge in [0.15, 0.2) is 5.13 Å². The lowest BCUT2D eigenvalue weighted by Gasteiger charge is -2.25. The normalized spacial score (nSPS) is 24.2. The summed E-state index contributed by atoms with van der Waals surface area (Å²) in [4.78, 5) is 18.9. The van der Waals surface area contributed by atoms with E-state index in [4.69, 9.17) is 5.11 Å². The molecule has 1 aromatic rings. The monoisotopic (exact) mass is 286 g/mol. The molecule has 7 heteroatoms. The molecule has 1 saturated heterocycles. The molecule has 2 heterocycles. The first-order valence-corrected chi connectivity index (χ1v) is 8.28. The fraction of sp³-hybridized carbons (Fsp3) is 0.636. The molecule has 1 atom stereocenters. The lowest BCUT2D eigenvalue weighted by atomic mass is 10.1. The Hall–Kier alpha value is -0.950. The van der Waals surface area contributed by atoms with Crippen molar-refractivity contribution in [3.05, 3.63) is 10.6 Å². The van der Waals surface area contributed by atoms with Crippen LogP contribution in [0.5, 0.6) is 0 Å². The third-order valence-electron chi connectivity index (χ3n) is 3.45. The topological polar surface area (TPSA) is 70.5 Å². The maximum absolute atomic E-state index is 11.3. The zero-order chi connectivity index (χ0) is 12.7. The Balaban J connectivity index is 1.82. The van der Waals surface area contributed by atoms with Gasteiger partial charge in [-0.25, -0.2) is 4.98 Å². The molecule has 0 radical (unpaired) electrons. The number of carboxylic acids is 1. The number of aryl methyl sites for hydroxylation is 1. The number of fused-ring (bicyclic) bond motifs is 1. The summed E-state index contributed by atoms with van der Waals surface area (Å²) in [6.45, 7) is 1.52. The van der Waals surface area contributed by atoms with Crippen LogP contribution in [0.3, 0.4) is 0 Å². The smallest absolute Gasteiger partial charge is 0.312 e. The average Bonchev–Trinajstić information content (AvgIpc) is 2.88. The van der Waals surface area contributed by atoms with Gasteiger partial charge < -0.3 is 10.0 Å². The summed E-state index contributed by atoms with van der Waals surface area (Å²) in [5.41, 5.74) is 0.759. The van der Waals surface area contributed by atoms with E-state index in [9.17, 15) is 9.00 Å². The van der Waals surface area contributed by atoms with Gasteiger partial charge in [-0.3, -0.25) is 9.00 Å². The van der Waals surface area contributed by atoms with Crippen LogP contribution in [0.25, 0.3) is 0 Å². The highest BCUT2D eigenvalue weighted by molar-refractivity contribution is 7.85. The SMILES string of the molecule is O=C(O)C1CCc2sc(N3CCS(=O)CC3)nc21. The molecule has 0 bridgehead atoms. The molecule has 1 aromatic heterocycles. The molecule has 1 unspecified atom stereocenters. The predicted octanol–water partition coefficient (Wildman–Crippen LogP) is 0.826. The van der Waals surface area contributed by atoms with Crippen molar-refractivity contribution < 1.29 is 14.1 Å². The Morgan fingerprint density at radius 1 is 1.44 bits per heavy atom. The van der Waals surface area contributed by atoms with Gasteiger partial charge in [0.25, 0.3) is 0 Å². The first-order valence-electron chi connectivity index (χ1n) is 5.97. The van der Waals surface area contributed by atoms with E-state index in [0.29, 0.717) is 17.9 Å². The Kier molecular flexibility index (Phi) is 3.11. The molecule has 0 spiro atoms. The number of rotatable bonds is 2. The summed E-state index contributed by atoms with van der Waals surface area (Å²) >= 11 is 1.60. The highest BCUT2D eigenvalue weighted by Gasteiger charge is 2.33. The minimum Gasteiger partial charge on any atom is -0.481 e. The van der Waals surface area contributed by atoms with E-state index in [-0.39, 0.29) is 0 Å². The molecular weight excluding hydrogens is 272 g/mol. The Morgan fingerprint density at radius 3 is 2.83 bits per heavy atom. The van der Waals surface area contributed by atoms with Gasteiger partial charge in [-0.05, 0) is 12.8 Å². The number of hydrogen-bond acceptors (Lipinski definition) is 5. The number of aliphatic carboxylic acids is 1. The van der Waals surface area contributed by atoms with Crippen molar-refractivity contribution in [2.45, 2.75) is 18.8 Å². The Labute approximate surface area is 111 Å². The fourth-order valence-corrected chi connectivity index (χ4v) is 4.66. The molecule has 0 amide bonds. The third-order valence-corrected chi connectivity index (χ3v) is 5.92. The minimum atomic E-state index is -0.773. The molecule has 1 N–H and O–H groups in total. The Bertz CT molecular complexity index is 504. The molecule has 1 aliphatic heterocycles. The van der Waals surface area contributed by atoms with Crippen molar-refractivity contribution in [2.75, 3.05) is 29.5 Å². The number of carboxylic acid groups (broad SMARTS) is 1. The molecule has 0 aromatic carbocycles.